The van der Waals surface area contributed by atoms with E-state index in [1.54, 1.807) is 0 Å². The number of rotatable bonds is 5. The van der Waals surface area contributed by atoms with Crippen molar-refractivity contribution in [3.8, 4) is 0 Å². The van der Waals surface area contributed by atoms with Crippen molar-refractivity contribution in [2.45, 2.75) is 23.8 Å². The van der Waals surface area contributed by atoms with Gasteiger partial charge in [-0.2, -0.15) is 21.0 Å². The number of carboxylic acid groups (broad SMARTS) is 1. The third-order valence-electron chi connectivity index (χ3n) is 2.63. The van der Waals surface area contributed by atoms with Crippen LogP contribution in [-0.2, 0) is 14.9 Å². The predicted molar refractivity (Wildman–Crippen MR) is 95.5 cm³/mol. The average Bonchev–Trinajstić information content (AvgIpc) is 2.43. The molecule has 0 aliphatic carbocycles. The number of thiol groups is 1. The molecule has 0 radical (unpaired) electrons. The number of hydrogen-bond acceptors (Lipinski definition) is 5. The van der Waals surface area contributed by atoms with Crippen molar-refractivity contribution >= 4 is 63.5 Å². The second-order valence-electron chi connectivity index (χ2n) is 4.41. The van der Waals surface area contributed by atoms with E-state index in [9.17, 15) is 13.2 Å². The Morgan fingerprint density at radius 1 is 1.30 bits per heavy atom. The number of carbonyl (C=O) groups is 1. The Morgan fingerprint density at radius 2 is 1.83 bits per heavy atom. The number of halogens is 3. The predicted octanol–water partition coefficient (Wildman–Crippen LogP) is 3.31. The maximum absolute atomic E-state index is 10.9. The van der Waals surface area contributed by atoms with Crippen molar-refractivity contribution in [3.05, 3.63) is 32.8 Å². The van der Waals surface area contributed by atoms with E-state index in [1.807, 2.05) is 0 Å². The molecule has 0 fully saturated rings. The minimum atomic E-state index is -4.19. The summed E-state index contributed by atoms with van der Waals surface area (Å²) in [6, 6.07) is 2.84. The SMILES string of the molecule is CC(c1ccc(Cl)c(Cl)c1Cl)S(=O)(=O)O.NCC(S)CC(=O)O. The van der Waals surface area contributed by atoms with Gasteiger partial charge in [0.25, 0.3) is 10.1 Å². The normalized spacial score (nSPS) is 13.7. The third-order valence-corrected chi connectivity index (χ3v) is 5.48. The molecule has 0 aromatic heterocycles. The van der Waals surface area contributed by atoms with Crippen LogP contribution in [0.2, 0.25) is 15.1 Å². The van der Waals surface area contributed by atoms with E-state index < -0.39 is 21.3 Å². The molecule has 2 unspecified atom stereocenters. The van der Waals surface area contributed by atoms with Crippen molar-refractivity contribution in [2.75, 3.05) is 6.54 Å². The van der Waals surface area contributed by atoms with E-state index in [-0.39, 0.29) is 32.3 Å². The Balaban J connectivity index is 0.000000515. The Morgan fingerprint density at radius 3 is 2.17 bits per heavy atom. The van der Waals surface area contributed by atoms with E-state index in [0.29, 0.717) is 6.54 Å². The lowest BCUT2D eigenvalue weighted by Gasteiger charge is -2.11. The van der Waals surface area contributed by atoms with Gasteiger partial charge in [0.05, 0.1) is 21.5 Å². The summed E-state index contributed by atoms with van der Waals surface area (Å²) in [5.74, 6) is -0.851. The lowest BCUT2D eigenvalue weighted by atomic mass is 10.2. The first-order valence-corrected chi connectivity index (χ1v) is 9.26. The molecule has 23 heavy (non-hydrogen) atoms. The minimum absolute atomic E-state index is 0.0364. The lowest BCUT2D eigenvalue weighted by Crippen LogP contribution is -2.17. The van der Waals surface area contributed by atoms with E-state index in [1.165, 1.54) is 19.1 Å². The third kappa shape index (κ3) is 7.93. The standard InChI is InChI=1S/C8H7Cl3O3S.C4H9NO2S/c1-4(15(12,13)14)5-2-3-6(9)8(11)7(5)10;5-2-3(8)1-4(6)7/h2-4H,1H3,(H,12,13,14);3,8H,1-2,5H2,(H,6,7). The fraction of sp³-hybridized carbons (Fsp3) is 0.417. The Labute approximate surface area is 155 Å². The zero-order valence-electron chi connectivity index (χ0n) is 11.9. The molecule has 1 aromatic carbocycles. The van der Waals surface area contributed by atoms with Crippen LogP contribution in [0.3, 0.4) is 0 Å². The van der Waals surface area contributed by atoms with Crippen LogP contribution in [0.1, 0.15) is 24.2 Å². The van der Waals surface area contributed by atoms with E-state index in [4.69, 9.17) is 50.2 Å². The Bertz CT molecular complexity index is 654. The van der Waals surface area contributed by atoms with Crippen LogP contribution in [0.15, 0.2) is 12.1 Å². The van der Waals surface area contributed by atoms with Gasteiger partial charge in [-0.25, -0.2) is 0 Å². The molecule has 0 aliphatic rings. The number of aliphatic carboxylic acids is 1. The first-order valence-electron chi connectivity index (χ1n) is 6.11. The first-order chi connectivity index (χ1) is 10.4. The molecule has 0 saturated carbocycles. The highest BCUT2D eigenvalue weighted by Crippen LogP contribution is 2.37. The first kappa shape index (κ1) is 22.8. The number of nitrogens with two attached hydrogens (primary N) is 1. The average molecular weight is 425 g/mol. The molecule has 2 atom stereocenters. The highest BCUT2D eigenvalue weighted by molar-refractivity contribution is 7.86. The minimum Gasteiger partial charge on any atom is -0.481 e. The van der Waals surface area contributed by atoms with Gasteiger partial charge in [0, 0.05) is 11.8 Å². The van der Waals surface area contributed by atoms with Crippen LogP contribution in [0.4, 0.5) is 0 Å². The van der Waals surface area contributed by atoms with Gasteiger partial charge in [-0.15, -0.1) is 0 Å². The van der Waals surface area contributed by atoms with Gasteiger partial charge in [-0.05, 0) is 18.6 Å². The topological polar surface area (TPSA) is 118 Å². The van der Waals surface area contributed by atoms with E-state index in [2.05, 4.69) is 12.6 Å². The second kappa shape index (κ2) is 9.93. The second-order valence-corrected chi connectivity index (χ2v) is 8.04. The summed E-state index contributed by atoms with van der Waals surface area (Å²) in [4.78, 5) is 9.86. The van der Waals surface area contributed by atoms with E-state index >= 15 is 0 Å². The molecule has 0 aliphatic heterocycles. The fourth-order valence-electron chi connectivity index (χ4n) is 1.30. The molecule has 4 N–H and O–H groups in total. The smallest absolute Gasteiger partial charge is 0.304 e. The van der Waals surface area contributed by atoms with E-state index in [0.717, 1.165) is 0 Å². The molecule has 1 rings (SSSR count). The van der Waals surface area contributed by atoms with Crippen molar-refractivity contribution in [1.29, 1.82) is 0 Å². The van der Waals surface area contributed by atoms with Crippen molar-refractivity contribution in [2.24, 2.45) is 5.73 Å². The summed E-state index contributed by atoms with van der Waals surface area (Å²) < 4.78 is 30.7. The molecule has 11 heteroatoms. The zero-order valence-corrected chi connectivity index (χ0v) is 15.9. The monoisotopic (exact) mass is 423 g/mol. The van der Waals surface area contributed by atoms with Crippen molar-refractivity contribution in [3.63, 3.8) is 0 Å². The molecular weight excluding hydrogens is 409 g/mol. The molecule has 0 heterocycles. The van der Waals surface area contributed by atoms with Crippen LogP contribution in [0, 0.1) is 0 Å². The molecule has 0 amide bonds. The summed E-state index contributed by atoms with van der Waals surface area (Å²) >= 11 is 21.1. The van der Waals surface area contributed by atoms with Gasteiger partial charge >= 0.3 is 5.97 Å². The van der Waals surface area contributed by atoms with Gasteiger partial charge in [0.15, 0.2) is 0 Å². The molecule has 6 nitrogen and oxygen atoms in total. The number of carboxylic acids is 1. The molecule has 0 spiro atoms. The maximum atomic E-state index is 10.9. The highest BCUT2D eigenvalue weighted by atomic mass is 35.5. The van der Waals surface area contributed by atoms with Gasteiger partial charge in [0.2, 0.25) is 0 Å². The lowest BCUT2D eigenvalue weighted by molar-refractivity contribution is -0.136. The van der Waals surface area contributed by atoms with Crippen LogP contribution < -0.4 is 5.73 Å². The van der Waals surface area contributed by atoms with Gasteiger partial charge in [-0.1, -0.05) is 40.9 Å². The van der Waals surface area contributed by atoms with Gasteiger partial charge in [0.1, 0.15) is 5.25 Å². The summed E-state index contributed by atoms with van der Waals surface area (Å²) in [5.41, 5.74) is 5.30. The van der Waals surface area contributed by atoms with Crippen LogP contribution in [0.25, 0.3) is 0 Å². The van der Waals surface area contributed by atoms with Gasteiger partial charge in [-0.3, -0.25) is 9.35 Å². The quantitative estimate of drug-likeness (QED) is 0.327. The maximum Gasteiger partial charge on any atom is 0.304 e. The van der Waals surface area contributed by atoms with Crippen LogP contribution in [-0.4, -0.2) is 35.8 Å². The Kier molecular flexibility index (Phi) is 9.83. The molecular formula is C12H16Cl3NO5S2. The molecule has 0 bridgehead atoms. The van der Waals surface area contributed by atoms with Crippen LogP contribution >= 0.6 is 47.4 Å². The van der Waals surface area contributed by atoms with Crippen molar-refractivity contribution < 1.29 is 22.9 Å². The number of benzene rings is 1. The number of hydrogen-bond donors (Lipinski definition) is 4. The highest BCUT2D eigenvalue weighted by Gasteiger charge is 2.23. The zero-order chi connectivity index (χ0) is 18.4. The summed E-state index contributed by atoms with van der Waals surface area (Å²) in [7, 11) is -4.19. The van der Waals surface area contributed by atoms with Crippen LogP contribution in [0.5, 0.6) is 0 Å². The molecule has 132 valence electrons. The summed E-state index contributed by atoms with van der Waals surface area (Å²) in [6.45, 7) is 1.62. The fourth-order valence-corrected chi connectivity index (χ4v) is 2.74. The molecule has 1 aromatic rings. The largest absolute Gasteiger partial charge is 0.481 e. The summed E-state index contributed by atoms with van der Waals surface area (Å²) in [5, 5.41) is 7.11. The Hall–Kier alpha value is -0.220. The molecule has 0 saturated heterocycles. The van der Waals surface area contributed by atoms with Crippen molar-refractivity contribution in [1.82, 2.24) is 0 Å². The summed E-state index contributed by atoms with van der Waals surface area (Å²) in [6.07, 6.45) is 0.0413. The van der Waals surface area contributed by atoms with Gasteiger partial charge < -0.3 is 10.8 Å².